The molecule has 2 aromatic carbocycles. The van der Waals surface area contributed by atoms with E-state index in [2.05, 4.69) is 4.98 Å². The molecule has 0 radical (unpaired) electrons. The van der Waals surface area contributed by atoms with Crippen molar-refractivity contribution in [3.63, 3.8) is 0 Å². The summed E-state index contributed by atoms with van der Waals surface area (Å²) in [5.41, 5.74) is 3.96. The molecule has 0 amide bonds. The van der Waals surface area contributed by atoms with E-state index in [4.69, 9.17) is 30.9 Å². The minimum Gasteiger partial charge on any atom is -0.550 e. The van der Waals surface area contributed by atoms with Crippen molar-refractivity contribution in [3.05, 3.63) is 76.4 Å². The van der Waals surface area contributed by atoms with Crippen LogP contribution < -0.4 is 44.1 Å². The number of aliphatic hydroxyl groups is 2. The molecule has 0 aliphatic rings. The number of aliphatic hydroxyl groups excluding tert-OH is 2. The third-order valence-electron chi connectivity index (χ3n) is 5.39. The Morgan fingerprint density at radius 3 is 2.43 bits per heavy atom. The fourth-order valence-corrected chi connectivity index (χ4v) is 3.80. The number of halogens is 1. The van der Waals surface area contributed by atoms with Gasteiger partial charge in [0.25, 0.3) is 0 Å². The molecule has 3 aromatic rings. The first-order valence-electron chi connectivity index (χ1n) is 11.5. The topological polar surface area (TPSA) is 121 Å². The number of hydrogen-bond acceptors (Lipinski definition) is 8. The van der Waals surface area contributed by atoms with E-state index in [1.54, 1.807) is 36.4 Å². The molecule has 0 spiro atoms. The number of pyridine rings is 1. The number of benzene rings is 2. The van der Waals surface area contributed by atoms with Gasteiger partial charge in [0, 0.05) is 46.9 Å². The molecule has 0 fully saturated rings. The SMILES string of the molecule is CCO[C@@H](CC(=O)[O-])c1ccc(OCc2ccc(Cl)c(-c3ccc(OCC(O)CO)nc3C)c2)cc1.[Na+]. The van der Waals surface area contributed by atoms with E-state index < -0.39 is 18.2 Å². The third-order valence-corrected chi connectivity index (χ3v) is 5.72. The van der Waals surface area contributed by atoms with E-state index in [0.717, 1.165) is 22.3 Å². The Kier molecular flexibility index (Phi) is 12.8. The van der Waals surface area contributed by atoms with Crippen LogP contribution in [0.25, 0.3) is 11.1 Å². The molecule has 0 aliphatic carbocycles. The van der Waals surface area contributed by atoms with E-state index in [-0.39, 0.29) is 49.2 Å². The van der Waals surface area contributed by atoms with Crippen molar-refractivity contribution in [1.29, 1.82) is 0 Å². The molecule has 1 unspecified atom stereocenters. The van der Waals surface area contributed by atoms with Crippen LogP contribution in [0.1, 0.15) is 36.3 Å². The summed E-state index contributed by atoms with van der Waals surface area (Å²) in [6, 6.07) is 16.2. The van der Waals surface area contributed by atoms with E-state index in [0.29, 0.717) is 35.6 Å². The normalized spacial score (nSPS) is 12.4. The summed E-state index contributed by atoms with van der Waals surface area (Å²) >= 11 is 6.47. The average Bonchev–Trinajstić information content (AvgIpc) is 2.87. The third kappa shape index (κ3) is 9.26. The molecule has 3 rings (SSSR count). The number of ether oxygens (including phenoxy) is 3. The Morgan fingerprint density at radius 2 is 1.81 bits per heavy atom. The Balaban J connectivity index is 0.00000481. The molecule has 8 nitrogen and oxygen atoms in total. The maximum absolute atomic E-state index is 11.0. The number of aliphatic carboxylic acids is 1. The summed E-state index contributed by atoms with van der Waals surface area (Å²) in [6.45, 7) is 3.89. The van der Waals surface area contributed by atoms with E-state index in [9.17, 15) is 15.0 Å². The molecule has 192 valence electrons. The maximum atomic E-state index is 11.0. The van der Waals surface area contributed by atoms with Crippen LogP contribution in [0, 0.1) is 6.92 Å². The number of nitrogens with zero attached hydrogens (tertiary/aromatic N) is 1. The molecule has 37 heavy (non-hydrogen) atoms. The number of carbonyl (C=O) groups excluding carboxylic acids is 1. The summed E-state index contributed by atoms with van der Waals surface area (Å²) in [7, 11) is 0. The number of carbonyl (C=O) groups is 1. The van der Waals surface area contributed by atoms with Crippen molar-refractivity contribution < 1.29 is 63.9 Å². The van der Waals surface area contributed by atoms with Gasteiger partial charge < -0.3 is 34.3 Å². The van der Waals surface area contributed by atoms with Gasteiger partial charge in [0.05, 0.1) is 12.7 Å². The van der Waals surface area contributed by atoms with Crippen LogP contribution >= 0.6 is 11.6 Å². The van der Waals surface area contributed by atoms with Gasteiger partial charge in [0.1, 0.15) is 25.1 Å². The summed E-state index contributed by atoms with van der Waals surface area (Å²) in [5.74, 6) is -0.196. The Morgan fingerprint density at radius 1 is 1.08 bits per heavy atom. The van der Waals surface area contributed by atoms with E-state index in [1.165, 1.54) is 0 Å². The first kappa shape index (κ1) is 31.1. The van der Waals surface area contributed by atoms with E-state index in [1.807, 2.05) is 32.0 Å². The van der Waals surface area contributed by atoms with Crippen molar-refractivity contribution >= 4 is 17.6 Å². The molecule has 1 aromatic heterocycles. The van der Waals surface area contributed by atoms with Crippen LogP contribution in [0.4, 0.5) is 0 Å². The zero-order valence-electron chi connectivity index (χ0n) is 21.1. The largest absolute Gasteiger partial charge is 1.00 e. The number of aryl methyl sites for hydroxylation is 1. The number of aromatic nitrogens is 1. The smallest absolute Gasteiger partial charge is 0.550 e. The van der Waals surface area contributed by atoms with Gasteiger partial charge in [-0.3, -0.25) is 0 Å². The predicted octanol–water partition coefficient (Wildman–Crippen LogP) is 0.243. The number of hydrogen-bond donors (Lipinski definition) is 2. The molecular weight excluding hydrogens is 509 g/mol. The zero-order chi connectivity index (χ0) is 26.1. The first-order chi connectivity index (χ1) is 17.3. The van der Waals surface area contributed by atoms with Gasteiger partial charge in [0.2, 0.25) is 5.88 Å². The van der Waals surface area contributed by atoms with Gasteiger partial charge in [-0.1, -0.05) is 29.8 Å². The van der Waals surface area contributed by atoms with E-state index >= 15 is 0 Å². The predicted molar refractivity (Wildman–Crippen MR) is 133 cm³/mol. The minimum atomic E-state index is -1.17. The molecule has 0 saturated carbocycles. The number of carboxylic acids is 1. The Bertz CT molecular complexity index is 1160. The van der Waals surface area contributed by atoms with Gasteiger partial charge in [-0.25, -0.2) is 4.98 Å². The quantitative estimate of drug-likeness (QED) is 0.298. The van der Waals surface area contributed by atoms with Crippen molar-refractivity contribution in [2.24, 2.45) is 0 Å². The van der Waals surface area contributed by atoms with Gasteiger partial charge in [0.15, 0.2) is 0 Å². The van der Waals surface area contributed by atoms with Gasteiger partial charge in [-0.15, -0.1) is 0 Å². The van der Waals surface area contributed by atoms with Crippen molar-refractivity contribution in [3.8, 4) is 22.8 Å². The summed E-state index contributed by atoms with van der Waals surface area (Å²) in [5, 5.41) is 29.9. The van der Waals surface area contributed by atoms with Crippen molar-refractivity contribution in [2.45, 2.75) is 39.1 Å². The van der Waals surface area contributed by atoms with Crippen molar-refractivity contribution in [1.82, 2.24) is 4.98 Å². The van der Waals surface area contributed by atoms with Crippen LogP contribution in [-0.2, 0) is 16.1 Å². The Hall–Kier alpha value is -2.17. The maximum Gasteiger partial charge on any atom is 1.00 e. The van der Waals surface area contributed by atoms with Gasteiger partial charge in [-0.2, -0.15) is 0 Å². The Labute approximate surface area is 243 Å². The van der Waals surface area contributed by atoms with Crippen LogP contribution in [0.3, 0.4) is 0 Å². The molecule has 10 heteroatoms. The number of rotatable bonds is 13. The molecule has 0 bridgehead atoms. The van der Waals surface area contributed by atoms with Gasteiger partial charge in [-0.05, 0) is 55.3 Å². The fraction of sp³-hybridized carbons (Fsp3) is 0.333. The summed E-state index contributed by atoms with van der Waals surface area (Å²) in [6.07, 6.45) is -1.75. The molecule has 0 saturated heterocycles. The monoisotopic (exact) mass is 537 g/mol. The standard InChI is InChI=1S/C27H30ClNO7.Na/c1-3-34-25(13-27(32)33)19-5-7-21(8-6-19)35-15-18-4-10-24(28)23(12-18)22-9-11-26(29-17(22)2)36-16-20(31)14-30;/h4-12,20,25,30-31H,3,13-16H2,1-2H3,(H,32,33);/q;+1/p-1/t20?,25-;/m0./s1. The average molecular weight is 538 g/mol. The second-order valence-corrected chi connectivity index (χ2v) is 8.53. The molecule has 2 N–H and O–H groups in total. The van der Waals surface area contributed by atoms with Crippen LogP contribution in [0.15, 0.2) is 54.6 Å². The molecular formula is C27H29ClNNaO7. The minimum absolute atomic E-state index is 0. The first-order valence-corrected chi connectivity index (χ1v) is 11.9. The molecule has 0 aliphatic heterocycles. The zero-order valence-corrected chi connectivity index (χ0v) is 23.9. The molecule has 1 heterocycles. The van der Waals surface area contributed by atoms with Crippen molar-refractivity contribution in [2.75, 3.05) is 19.8 Å². The summed E-state index contributed by atoms with van der Waals surface area (Å²) < 4.78 is 16.8. The second kappa shape index (κ2) is 15.3. The number of carboxylic acid groups (broad SMARTS) is 1. The molecule has 2 atom stereocenters. The summed E-state index contributed by atoms with van der Waals surface area (Å²) in [4.78, 5) is 15.4. The van der Waals surface area contributed by atoms with Crippen LogP contribution in [0.5, 0.6) is 11.6 Å². The van der Waals surface area contributed by atoms with Gasteiger partial charge >= 0.3 is 29.6 Å². The van der Waals surface area contributed by atoms with Crippen LogP contribution in [0.2, 0.25) is 5.02 Å². The second-order valence-electron chi connectivity index (χ2n) is 8.12. The fourth-order valence-electron chi connectivity index (χ4n) is 3.58. The van der Waals surface area contributed by atoms with Crippen LogP contribution in [-0.4, -0.2) is 47.1 Å².